The fourth-order valence-electron chi connectivity index (χ4n) is 1.63. The van der Waals surface area contributed by atoms with Gasteiger partial charge in [0.2, 0.25) is 0 Å². The van der Waals surface area contributed by atoms with Crippen LogP contribution in [0.25, 0.3) is 11.1 Å². The molecule has 0 aromatic heterocycles. The molecule has 118 valence electrons. The van der Waals surface area contributed by atoms with Gasteiger partial charge in [0.1, 0.15) is 0 Å². The minimum absolute atomic E-state index is 0. The summed E-state index contributed by atoms with van der Waals surface area (Å²) in [5, 5.41) is 0. The van der Waals surface area contributed by atoms with Gasteiger partial charge in [-0.2, -0.15) is 36.4 Å². The second-order valence-corrected chi connectivity index (χ2v) is 5.16. The Morgan fingerprint density at radius 1 is 0.864 bits per heavy atom. The van der Waals surface area contributed by atoms with Gasteiger partial charge in [-0.15, -0.1) is 17.7 Å². The predicted molar refractivity (Wildman–Crippen MR) is 81.7 cm³/mol. The van der Waals surface area contributed by atoms with Crippen molar-refractivity contribution >= 4 is 13.6 Å². The Morgan fingerprint density at radius 2 is 1.32 bits per heavy atom. The number of benzene rings is 2. The Bertz CT molecular complexity index is 529. The molecule has 0 N–H and O–H groups in total. The Balaban J connectivity index is 0. The average molecular weight is 479 g/mol. The zero-order chi connectivity index (χ0) is 16.5. The predicted octanol–water partition coefficient (Wildman–Crippen LogP) is 3.84. The van der Waals surface area contributed by atoms with Gasteiger partial charge >= 0.3 is 21.1 Å². The largest absolute Gasteiger partial charge is 4.00 e. The molecule has 0 saturated heterocycles. The molecule has 0 bridgehead atoms. The molecule has 0 spiro atoms. The number of hydrogen-bond donors (Lipinski definition) is 0. The molecular weight excluding hydrogens is 462 g/mol. The molecule has 0 heterocycles. The summed E-state index contributed by atoms with van der Waals surface area (Å²) >= 11 is 0. The van der Waals surface area contributed by atoms with Crippen molar-refractivity contribution in [2.24, 2.45) is 0 Å². The van der Waals surface area contributed by atoms with E-state index in [2.05, 4.69) is 52.5 Å². The first-order valence-corrected chi connectivity index (χ1v) is 6.14. The first kappa shape index (κ1) is 22.7. The molecule has 0 fully saturated rings. The van der Waals surface area contributed by atoms with E-state index in [0.29, 0.717) is 0 Å². The van der Waals surface area contributed by atoms with Gasteiger partial charge in [-0.3, -0.25) is 18.0 Å². The summed E-state index contributed by atoms with van der Waals surface area (Å²) in [5.74, 6) is -0.264. The summed E-state index contributed by atoms with van der Waals surface area (Å²) < 4.78 is 12.8. The van der Waals surface area contributed by atoms with E-state index in [9.17, 15) is 4.39 Å². The van der Waals surface area contributed by atoms with Crippen LogP contribution in [0.4, 0.5) is 4.39 Å². The minimum atomic E-state index is -0.264. The first-order valence-electron chi connectivity index (χ1n) is 6.14. The van der Waals surface area contributed by atoms with Crippen molar-refractivity contribution in [3.05, 3.63) is 59.9 Å². The first-order chi connectivity index (χ1) is 9.97. The van der Waals surface area contributed by atoms with Crippen LogP contribution in [0, 0.1) is 17.9 Å². The summed E-state index contributed by atoms with van der Waals surface area (Å²) in [4.78, 5) is 15.5. The van der Waals surface area contributed by atoms with Crippen molar-refractivity contribution in [1.29, 1.82) is 0 Å². The zero-order valence-electron chi connectivity index (χ0n) is 12.6. The number of hydrogen-bond acceptors (Lipinski definition) is 2. The number of carbonyl (C=O) groups excluding carboxylic acids is 2. The van der Waals surface area contributed by atoms with Crippen LogP contribution in [0.5, 0.6) is 0 Å². The van der Waals surface area contributed by atoms with Crippen molar-refractivity contribution in [3.63, 3.8) is 0 Å². The van der Waals surface area contributed by atoms with Gasteiger partial charge in [0, 0.05) is 5.82 Å². The summed E-state index contributed by atoms with van der Waals surface area (Å²) in [7, 11) is 0. The Hall–Kier alpha value is -1.60. The molecule has 2 aromatic carbocycles. The van der Waals surface area contributed by atoms with E-state index in [0.717, 1.165) is 11.1 Å². The van der Waals surface area contributed by atoms with Crippen molar-refractivity contribution in [2.45, 2.75) is 26.2 Å². The van der Waals surface area contributed by atoms with Gasteiger partial charge in [0.15, 0.2) is 0 Å². The molecule has 2 nitrogen and oxygen atoms in total. The van der Waals surface area contributed by atoms with E-state index in [1.165, 1.54) is 17.7 Å². The second kappa shape index (κ2) is 11.0. The van der Waals surface area contributed by atoms with Crippen LogP contribution >= 0.6 is 0 Å². The molecule has 0 unspecified atom stereocenters. The molecule has 2 aromatic rings. The van der Waals surface area contributed by atoms with Gasteiger partial charge in [0.25, 0.3) is 0 Å². The topological polar surface area (TPSA) is 34.1 Å². The summed E-state index contributed by atoms with van der Waals surface area (Å²) in [5.41, 5.74) is 3.18. The Labute approximate surface area is 146 Å². The van der Waals surface area contributed by atoms with Gasteiger partial charge in [-0.25, -0.2) is 11.1 Å². The normalized spacial score (nSPS) is 9.27. The van der Waals surface area contributed by atoms with Crippen LogP contribution in [0.1, 0.15) is 26.3 Å². The molecule has 22 heavy (non-hydrogen) atoms. The Morgan fingerprint density at radius 3 is 1.64 bits per heavy atom. The molecule has 0 aliphatic rings. The molecule has 0 aliphatic carbocycles. The third-order valence-corrected chi connectivity index (χ3v) is 2.74. The van der Waals surface area contributed by atoms with E-state index < -0.39 is 0 Å². The van der Waals surface area contributed by atoms with Crippen molar-refractivity contribution in [2.75, 3.05) is 0 Å². The summed E-state index contributed by atoms with van der Waals surface area (Å²) in [6.07, 6.45) is 0. The average Bonchev–Trinajstić information content (AvgIpc) is 2.51. The van der Waals surface area contributed by atoms with E-state index >= 15 is 0 Å². The summed E-state index contributed by atoms with van der Waals surface area (Å²) in [6, 6.07) is 16.7. The standard InChI is InChI=1S/C16H15F.2CHO.Pt/c1-16(2,3)14-8-4-12(5-9-14)13-6-10-15(17)11-7-13;2*1-2;/h4,6,8-11H,1-3H3;2*1H;/q-2;2*-1;+4. The van der Waals surface area contributed by atoms with Crippen LogP contribution in [0.3, 0.4) is 0 Å². The third-order valence-electron chi connectivity index (χ3n) is 2.74. The van der Waals surface area contributed by atoms with E-state index in [-0.39, 0.29) is 32.3 Å². The molecule has 0 radical (unpaired) electrons. The minimum Gasteiger partial charge on any atom is -0.545 e. The maximum atomic E-state index is 12.8. The van der Waals surface area contributed by atoms with E-state index in [1.807, 2.05) is 12.1 Å². The van der Waals surface area contributed by atoms with Crippen LogP contribution < -0.4 is 0 Å². The van der Waals surface area contributed by atoms with Crippen molar-refractivity contribution < 1.29 is 35.0 Å². The molecule has 2 rings (SSSR count). The molecule has 4 heteroatoms. The number of halogens is 1. The second-order valence-electron chi connectivity index (χ2n) is 5.16. The van der Waals surface area contributed by atoms with E-state index in [4.69, 9.17) is 9.59 Å². The van der Waals surface area contributed by atoms with Crippen LogP contribution in [0.15, 0.2) is 36.4 Å². The molecule has 0 saturated carbocycles. The number of rotatable bonds is 1. The van der Waals surface area contributed by atoms with Gasteiger partial charge in [-0.05, 0) is 5.41 Å². The van der Waals surface area contributed by atoms with Gasteiger partial charge in [0.05, 0.1) is 0 Å². The maximum absolute atomic E-state index is 12.8. The molecular formula is C18H17FO2Pt. The van der Waals surface area contributed by atoms with Crippen LogP contribution in [-0.2, 0) is 36.1 Å². The molecule has 0 atom stereocenters. The SMILES string of the molecule is CC(C)(C)c1c[c-]c(-c2[c-]cc(F)cc2)cc1.[CH-]=O.[CH-]=O.[Pt+4]. The Kier molecular flexibility index (Phi) is 11.4. The monoisotopic (exact) mass is 479 g/mol. The summed E-state index contributed by atoms with van der Waals surface area (Å²) in [6.45, 7) is 13.0. The third kappa shape index (κ3) is 6.91. The van der Waals surface area contributed by atoms with Gasteiger partial charge in [-0.1, -0.05) is 20.8 Å². The fraction of sp³-hybridized carbons (Fsp3) is 0.222. The van der Waals surface area contributed by atoms with Crippen LogP contribution in [0.2, 0.25) is 0 Å². The van der Waals surface area contributed by atoms with Gasteiger partial charge < -0.3 is 9.59 Å². The molecule has 0 amide bonds. The molecule has 0 aliphatic heterocycles. The fourth-order valence-corrected chi connectivity index (χ4v) is 1.63. The quantitative estimate of drug-likeness (QED) is 0.460. The zero-order valence-corrected chi connectivity index (χ0v) is 14.9. The van der Waals surface area contributed by atoms with Crippen molar-refractivity contribution in [1.82, 2.24) is 0 Å². The van der Waals surface area contributed by atoms with Crippen molar-refractivity contribution in [3.8, 4) is 11.1 Å². The van der Waals surface area contributed by atoms with E-state index in [1.54, 1.807) is 6.07 Å². The smallest absolute Gasteiger partial charge is 0.545 e. The van der Waals surface area contributed by atoms with Crippen LogP contribution in [-0.4, -0.2) is 13.6 Å². The maximum Gasteiger partial charge on any atom is 4.00 e.